The molecule has 1 fully saturated rings. The molecular weight excluding hydrogens is 412 g/mol. The number of nitrogens with zero attached hydrogens (tertiary/aromatic N) is 1. The molecule has 0 aliphatic heterocycles. The summed E-state index contributed by atoms with van der Waals surface area (Å²) in [5.74, 6) is 0.415. The fourth-order valence-electron chi connectivity index (χ4n) is 2.92. The summed E-state index contributed by atoms with van der Waals surface area (Å²) in [5, 5.41) is 5.65. The highest BCUT2D eigenvalue weighted by Gasteiger charge is 2.49. The van der Waals surface area contributed by atoms with Gasteiger partial charge in [0.15, 0.2) is 0 Å². The lowest BCUT2D eigenvalue weighted by atomic mass is 10.0. The van der Waals surface area contributed by atoms with Crippen LogP contribution in [0.1, 0.15) is 32.5 Å². The molecule has 0 spiro atoms. The van der Waals surface area contributed by atoms with Crippen LogP contribution < -0.4 is 10.6 Å². The fourth-order valence-corrected chi connectivity index (χ4v) is 3.19. The minimum absolute atomic E-state index is 0.0742. The number of hydrogen-bond acceptors (Lipinski definition) is 4. The first-order chi connectivity index (χ1) is 12.8. The molecule has 3 rings (SSSR count). The zero-order valence-electron chi connectivity index (χ0n) is 15.5. The molecule has 144 valence electrons. The Morgan fingerprint density at radius 1 is 1.26 bits per heavy atom. The molecule has 1 aromatic heterocycles. The van der Waals surface area contributed by atoms with Crippen molar-refractivity contribution in [3.8, 4) is 11.3 Å². The average Bonchev–Trinajstić information content (AvgIpc) is 3.24. The molecule has 7 nitrogen and oxygen atoms in total. The van der Waals surface area contributed by atoms with Gasteiger partial charge in [0.25, 0.3) is 0 Å². The molecule has 1 aliphatic carbocycles. The topological polar surface area (TPSA) is 96.1 Å². The van der Waals surface area contributed by atoms with Crippen molar-refractivity contribution in [1.29, 1.82) is 0 Å². The second-order valence-electron chi connectivity index (χ2n) is 7.08. The number of ether oxygens (including phenoxy) is 1. The molecule has 3 N–H and O–H groups in total. The van der Waals surface area contributed by atoms with Crippen LogP contribution >= 0.6 is 15.9 Å². The predicted molar refractivity (Wildman–Crippen MR) is 105 cm³/mol. The number of alkyl carbamates (subject to hydrolysis) is 1. The molecule has 0 bridgehead atoms. The summed E-state index contributed by atoms with van der Waals surface area (Å²) < 4.78 is 5.63. The van der Waals surface area contributed by atoms with Gasteiger partial charge in [0.1, 0.15) is 11.9 Å². The summed E-state index contributed by atoms with van der Waals surface area (Å²) in [7, 11) is 1.28. The molecule has 1 aliphatic rings. The van der Waals surface area contributed by atoms with Gasteiger partial charge in [-0.1, -0.05) is 41.9 Å². The maximum absolute atomic E-state index is 12.8. The molecule has 0 radical (unpaired) electrons. The Morgan fingerprint density at radius 3 is 2.48 bits per heavy atom. The van der Waals surface area contributed by atoms with Gasteiger partial charge >= 0.3 is 6.09 Å². The van der Waals surface area contributed by atoms with Crippen molar-refractivity contribution in [2.45, 2.75) is 38.3 Å². The molecule has 0 saturated heterocycles. The van der Waals surface area contributed by atoms with E-state index < -0.39 is 17.7 Å². The maximum Gasteiger partial charge on any atom is 0.407 e. The number of halogens is 1. The second kappa shape index (κ2) is 7.72. The Morgan fingerprint density at radius 2 is 1.93 bits per heavy atom. The van der Waals surface area contributed by atoms with E-state index in [0.29, 0.717) is 0 Å². The van der Waals surface area contributed by atoms with Gasteiger partial charge < -0.3 is 20.4 Å². The number of aromatic nitrogens is 2. The maximum atomic E-state index is 12.8. The third-order valence-corrected chi connectivity index (χ3v) is 5.23. The Hall–Kier alpha value is -2.35. The number of amides is 2. The van der Waals surface area contributed by atoms with E-state index in [0.717, 1.165) is 34.4 Å². The van der Waals surface area contributed by atoms with Gasteiger partial charge in [0, 0.05) is 4.47 Å². The van der Waals surface area contributed by atoms with Gasteiger partial charge in [-0.05, 0) is 36.5 Å². The molecule has 1 saturated carbocycles. The molecule has 1 heterocycles. The molecule has 2 amide bonds. The third-order valence-electron chi connectivity index (χ3n) is 4.70. The van der Waals surface area contributed by atoms with Gasteiger partial charge in [-0.2, -0.15) is 0 Å². The van der Waals surface area contributed by atoms with E-state index in [2.05, 4.69) is 41.3 Å². The number of methoxy groups -OCH3 is 1. The number of benzene rings is 1. The SMILES string of the molecule is COC(=O)N[C@@H](C(=O)NC1(c2ncc(-c3ccc(Br)cc3)[nH]2)CC1)C(C)C. The lowest BCUT2D eigenvalue weighted by molar-refractivity contribution is -0.125. The summed E-state index contributed by atoms with van der Waals surface area (Å²) in [6.07, 6.45) is 2.76. The van der Waals surface area contributed by atoms with Gasteiger partial charge in [-0.3, -0.25) is 4.79 Å². The number of hydrogen-bond donors (Lipinski definition) is 3. The molecular formula is C19H23BrN4O3. The van der Waals surface area contributed by atoms with Crippen LogP contribution in [0.2, 0.25) is 0 Å². The predicted octanol–water partition coefficient (Wildman–Crippen LogP) is 3.33. The fraction of sp³-hybridized carbons (Fsp3) is 0.421. The van der Waals surface area contributed by atoms with E-state index >= 15 is 0 Å². The van der Waals surface area contributed by atoms with Crippen LogP contribution in [-0.2, 0) is 15.1 Å². The van der Waals surface area contributed by atoms with Crippen LogP contribution in [0.15, 0.2) is 34.9 Å². The number of H-pyrrole nitrogens is 1. The van der Waals surface area contributed by atoms with Gasteiger partial charge in [-0.15, -0.1) is 0 Å². The first-order valence-corrected chi connectivity index (χ1v) is 9.62. The van der Waals surface area contributed by atoms with Crippen molar-refractivity contribution in [2.24, 2.45) is 5.92 Å². The number of carbonyl (C=O) groups is 2. The van der Waals surface area contributed by atoms with E-state index in [1.807, 2.05) is 38.1 Å². The third kappa shape index (κ3) is 4.32. The number of aromatic amines is 1. The van der Waals surface area contributed by atoms with Crippen LogP contribution in [0.25, 0.3) is 11.3 Å². The zero-order valence-corrected chi connectivity index (χ0v) is 17.1. The van der Waals surface area contributed by atoms with Crippen molar-refractivity contribution in [1.82, 2.24) is 20.6 Å². The lowest BCUT2D eigenvalue weighted by Crippen LogP contribution is -2.52. The van der Waals surface area contributed by atoms with E-state index in [1.54, 1.807) is 6.20 Å². The highest BCUT2D eigenvalue weighted by atomic mass is 79.9. The van der Waals surface area contributed by atoms with Crippen molar-refractivity contribution in [2.75, 3.05) is 7.11 Å². The first kappa shape index (κ1) is 19.4. The van der Waals surface area contributed by atoms with Crippen LogP contribution in [0.5, 0.6) is 0 Å². The molecule has 27 heavy (non-hydrogen) atoms. The van der Waals surface area contributed by atoms with Crippen LogP contribution in [0, 0.1) is 5.92 Å². The van der Waals surface area contributed by atoms with Crippen molar-refractivity contribution < 1.29 is 14.3 Å². The van der Waals surface area contributed by atoms with E-state index in [4.69, 9.17) is 0 Å². The first-order valence-electron chi connectivity index (χ1n) is 8.82. The summed E-state index contributed by atoms with van der Waals surface area (Å²) in [4.78, 5) is 32.1. The normalized spacial score (nSPS) is 15.9. The van der Waals surface area contributed by atoms with E-state index in [1.165, 1.54) is 7.11 Å². The largest absolute Gasteiger partial charge is 0.453 e. The van der Waals surface area contributed by atoms with Gasteiger partial charge in [0.2, 0.25) is 5.91 Å². The number of imidazole rings is 1. The summed E-state index contributed by atoms with van der Waals surface area (Å²) in [6.45, 7) is 3.75. The Labute approximate surface area is 166 Å². The number of rotatable bonds is 6. The minimum Gasteiger partial charge on any atom is -0.453 e. The standard InChI is InChI=1S/C19H23BrN4O3/c1-11(2)15(23-18(26)27-3)16(25)24-19(8-9-19)17-21-10-14(22-17)12-4-6-13(20)7-5-12/h4-7,10-11,15H,8-9H2,1-3H3,(H,21,22)(H,23,26)(H,24,25)/t15-/m1/s1. The van der Waals surface area contributed by atoms with Crippen LogP contribution in [-0.4, -0.2) is 35.1 Å². The van der Waals surface area contributed by atoms with Crippen LogP contribution in [0.3, 0.4) is 0 Å². The van der Waals surface area contributed by atoms with Gasteiger partial charge in [-0.25, -0.2) is 9.78 Å². The Kier molecular flexibility index (Phi) is 5.55. The smallest absolute Gasteiger partial charge is 0.407 e. The highest BCUT2D eigenvalue weighted by molar-refractivity contribution is 9.10. The summed E-state index contributed by atoms with van der Waals surface area (Å²) in [5.41, 5.74) is 1.41. The Bertz CT molecular complexity index is 828. The Balaban J connectivity index is 1.74. The summed E-state index contributed by atoms with van der Waals surface area (Å²) in [6, 6.07) is 7.26. The monoisotopic (exact) mass is 434 g/mol. The molecule has 8 heteroatoms. The van der Waals surface area contributed by atoms with Crippen LogP contribution in [0.4, 0.5) is 4.79 Å². The average molecular weight is 435 g/mol. The number of carbonyl (C=O) groups excluding carboxylic acids is 2. The van der Waals surface area contributed by atoms with Crippen molar-refractivity contribution >= 4 is 27.9 Å². The van der Waals surface area contributed by atoms with Crippen molar-refractivity contribution in [3.05, 3.63) is 40.8 Å². The quantitative estimate of drug-likeness (QED) is 0.649. The zero-order chi connectivity index (χ0) is 19.6. The molecule has 1 atom stereocenters. The molecule has 1 aromatic carbocycles. The van der Waals surface area contributed by atoms with E-state index in [9.17, 15) is 9.59 Å². The molecule has 2 aromatic rings. The van der Waals surface area contributed by atoms with Gasteiger partial charge in [0.05, 0.1) is 24.5 Å². The van der Waals surface area contributed by atoms with Crippen molar-refractivity contribution in [3.63, 3.8) is 0 Å². The van der Waals surface area contributed by atoms with E-state index in [-0.39, 0.29) is 11.8 Å². The second-order valence-corrected chi connectivity index (χ2v) is 8.00. The molecule has 0 unspecified atom stereocenters. The highest BCUT2D eigenvalue weighted by Crippen LogP contribution is 2.44. The minimum atomic E-state index is -0.671. The number of nitrogens with one attached hydrogen (secondary N) is 3. The summed E-state index contributed by atoms with van der Waals surface area (Å²) >= 11 is 3.43. The lowest BCUT2D eigenvalue weighted by Gasteiger charge is -2.24.